The van der Waals surface area contributed by atoms with Crippen LogP contribution in [-0.4, -0.2) is 49.3 Å². The molecule has 0 spiro atoms. The Kier molecular flexibility index (Phi) is 8.21. The van der Waals surface area contributed by atoms with Crippen LogP contribution in [0.4, 0.5) is 0 Å². The molecule has 11 heteroatoms. The molecule has 1 aromatic carbocycles. The van der Waals surface area contributed by atoms with Gasteiger partial charge in [0, 0.05) is 24.1 Å². The fourth-order valence-electron chi connectivity index (χ4n) is 1.27. The summed E-state index contributed by atoms with van der Waals surface area (Å²) in [5.41, 5.74) is 0. The van der Waals surface area contributed by atoms with Crippen LogP contribution in [-0.2, 0) is 30.9 Å². The van der Waals surface area contributed by atoms with Gasteiger partial charge in [-0.1, -0.05) is 0 Å². The maximum absolute atomic E-state index is 11.7. The van der Waals surface area contributed by atoms with E-state index in [1.54, 1.807) is 0 Å². The summed E-state index contributed by atoms with van der Waals surface area (Å²) in [6, 6.07) is 5.06. The molecule has 0 aromatic heterocycles. The van der Waals surface area contributed by atoms with Crippen LogP contribution in [0.15, 0.2) is 34.1 Å². The largest absolute Gasteiger partial charge is 0.760 e. The van der Waals surface area contributed by atoms with Crippen molar-refractivity contribution in [3.63, 3.8) is 0 Å². The lowest BCUT2D eigenvalue weighted by Crippen LogP contribution is -2.08. The summed E-state index contributed by atoms with van der Waals surface area (Å²) in [5, 5.41) is 12.6. The van der Waals surface area contributed by atoms with Gasteiger partial charge in [0.05, 0.1) is 15.5 Å². The second kappa shape index (κ2) is 8.56. The summed E-state index contributed by atoms with van der Waals surface area (Å²) in [7, 11) is -6.76. The molecule has 8 nitrogen and oxygen atoms in total. The normalized spacial score (nSPS) is 13.1. The van der Waals surface area contributed by atoms with Crippen molar-refractivity contribution in [2.75, 3.05) is 18.6 Å². The highest BCUT2D eigenvalue weighted by molar-refractivity contribution is 7.91. The number of hydrogen-bond donors (Lipinski definition) is 2. The van der Waals surface area contributed by atoms with Crippen LogP contribution in [0, 0.1) is 0 Å². The molecule has 122 valence electrons. The first-order chi connectivity index (χ1) is 9.50. The maximum atomic E-state index is 11.7. The molecule has 1 unspecified atom stereocenters. The summed E-state index contributed by atoms with van der Waals surface area (Å²) in [6.07, 6.45) is 1.22. The summed E-state index contributed by atoms with van der Waals surface area (Å²) in [4.78, 5) is 0.150. The van der Waals surface area contributed by atoms with E-state index in [2.05, 4.69) is 5.14 Å². The van der Waals surface area contributed by atoms with Gasteiger partial charge in [-0.25, -0.2) is 16.8 Å². The molecule has 1 atom stereocenters. The Bertz CT molecular complexity index is 661. The lowest BCUT2D eigenvalue weighted by Gasteiger charge is -2.04. The lowest BCUT2D eigenvalue weighted by atomic mass is 10.4. The molecular weight excluding hydrogens is 342 g/mol. The minimum absolute atomic E-state index is 0.0679. The number of rotatable bonds is 5. The van der Waals surface area contributed by atoms with E-state index in [-0.39, 0.29) is 28.6 Å². The van der Waals surface area contributed by atoms with Gasteiger partial charge < -0.3 is 9.66 Å². The summed E-state index contributed by atoms with van der Waals surface area (Å²) >= 11 is -2.36. The molecule has 0 aliphatic rings. The van der Waals surface area contributed by atoms with Crippen molar-refractivity contribution in [2.24, 2.45) is 5.14 Å². The molecule has 0 fully saturated rings. The maximum Gasteiger partial charge on any atom is 0.178 e. The molecule has 0 heterocycles. The van der Waals surface area contributed by atoms with Crippen molar-refractivity contribution in [3.8, 4) is 0 Å². The molecule has 0 bridgehead atoms. The predicted molar refractivity (Wildman–Crippen MR) is 76.4 cm³/mol. The Morgan fingerprint density at radius 3 is 1.86 bits per heavy atom. The van der Waals surface area contributed by atoms with Crippen LogP contribution in [0.1, 0.15) is 6.42 Å². The van der Waals surface area contributed by atoms with Gasteiger partial charge in [-0.2, -0.15) is 0 Å². The smallest absolute Gasteiger partial charge is 0.178 e. The predicted octanol–water partition coefficient (Wildman–Crippen LogP) is -1.01. The average Bonchev–Trinajstić information content (AvgIpc) is 2.35. The molecular formula is C10H16NO7S3-. The standard InChI is InChI=1S/C10H14O5S2.H3NO2S/c1-16(12,13)9-3-5-10(6-4-9)17(14,15)8-2-7-11;1-4(2)3/h3-6,11H,2,7-8H2,1H3;1H2,(H,2,3)/p-1. The first kappa shape index (κ1) is 20.1. The van der Waals surface area contributed by atoms with E-state index in [1.807, 2.05) is 0 Å². The number of hydrogen-bond acceptors (Lipinski definition) is 7. The molecule has 1 rings (SSSR count). The van der Waals surface area contributed by atoms with Crippen LogP contribution >= 0.6 is 0 Å². The van der Waals surface area contributed by atoms with Gasteiger partial charge in [0.1, 0.15) is 0 Å². The first-order valence-corrected chi connectivity index (χ1v) is 10.2. The van der Waals surface area contributed by atoms with E-state index >= 15 is 0 Å². The second-order valence-electron chi connectivity index (χ2n) is 3.90. The van der Waals surface area contributed by atoms with Crippen LogP contribution in [0.2, 0.25) is 0 Å². The van der Waals surface area contributed by atoms with Crippen molar-refractivity contribution >= 4 is 30.9 Å². The molecule has 0 aliphatic carbocycles. The van der Waals surface area contributed by atoms with Crippen molar-refractivity contribution in [1.82, 2.24) is 0 Å². The Labute approximate surface area is 126 Å². The number of nitrogens with two attached hydrogens (primary N) is 1. The zero-order chi connectivity index (χ0) is 16.7. The third kappa shape index (κ3) is 8.24. The molecule has 0 amide bonds. The SMILES string of the molecule is CS(=O)(=O)c1ccc(S(=O)(=O)CCCO)cc1.NS(=O)[O-]. The molecule has 0 saturated carbocycles. The number of aliphatic hydroxyl groups is 1. The van der Waals surface area contributed by atoms with Gasteiger partial charge in [-0.05, 0) is 30.7 Å². The van der Waals surface area contributed by atoms with E-state index < -0.39 is 30.9 Å². The minimum atomic E-state index is -3.44. The van der Waals surface area contributed by atoms with E-state index in [0.29, 0.717) is 0 Å². The monoisotopic (exact) mass is 358 g/mol. The van der Waals surface area contributed by atoms with Crippen LogP contribution in [0.3, 0.4) is 0 Å². The van der Waals surface area contributed by atoms with Gasteiger partial charge >= 0.3 is 0 Å². The highest BCUT2D eigenvalue weighted by Crippen LogP contribution is 2.16. The fourth-order valence-corrected chi connectivity index (χ4v) is 3.19. The van der Waals surface area contributed by atoms with E-state index in [4.69, 9.17) is 13.9 Å². The summed E-state index contributed by atoms with van der Waals surface area (Å²) in [5.74, 6) is -0.151. The van der Waals surface area contributed by atoms with Crippen LogP contribution in [0.25, 0.3) is 0 Å². The topological polar surface area (TPSA) is 155 Å². The third-order valence-electron chi connectivity index (χ3n) is 2.18. The van der Waals surface area contributed by atoms with Gasteiger partial charge in [-0.3, -0.25) is 9.35 Å². The van der Waals surface area contributed by atoms with E-state index in [1.165, 1.54) is 24.3 Å². The highest BCUT2D eigenvalue weighted by Gasteiger charge is 2.15. The molecule has 0 radical (unpaired) electrons. The van der Waals surface area contributed by atoms with Gasteiger partial charge in [-0.15, -0.1) is 0 Å². The number of benzene rings is 1. The quantitative estimate of drug-likeness (QED) is 0.639. The molecule has 3 N–H and O–H groups in total. The summed E-state index contributed by atoms with van der Waals surface area (Å²) < 4.78 is 63.3. The molecule has 1 aromatic rings. The first-order valence-electron chi connectivity index (χ1n) is 5.48. The number of sulfone groups is 2. The van der Waals surface area contributed by atoms with Gasteiger partial charge in [0.25, 0.3) is 0 Å². The van der Waals surface area contributed by atoms with E-state index in [0.717, 1.165) is 6.26 Å². The Morgan fingerprint density at radius 1 is 1.14 bits per heavy atom. The second-order valence-corrected chi connectivity index (χ2v) is 8.55. The summed E-state index contributed by atoms with van der Waals surface area (Å²) in [6.45, 7) is -0.194. The van der Waals surface area contributed by atoms with Crippen molar-refractivity contribution < 1.29 is 30.7 Å². The Hall–Kier alpha value is -0.850. The van der Waals surface area contributed by atoms with Gasteiger partial charge in [0.15, 0.2) is 19.7 Å². The zero-order valence-electron chi connectivity index (χ0n) is 11.1. The Balaban J connectivity index is 0.000000885. The molecule has 21 heavy (non-hydrogen) atoms. The zero-order valence-corrected chi connectivity index (χ0v) is 13.6. The molecule has 0 saturated heterocycles. The minimum Gasteiger partial charge on any atom is -0.760 e. The average molecular weight is 358 g/mol. The molecule has 0 aliphatic heterocycles. The van der Waals surface area contributed by atoms with Crippen LogP contribution in [0.5, 0.6) is 0 Å². The van der Waals surface area contributed by atoms with Crippen LogP contribution < -0.4 is 5.14 Å². The van der Waals surface area contributed by atoms with Crippen molar-refractivity contribution in [2.45, 2.75) is 16.2 Å². The van der Waals surface area contributed by atoms with E-state index in [9.17, 15) is 16.8 Å². The Morgan fingerprint density at radius 2 is 1.52 bits per heavy atom. The highest BCUT2D eigenvalue weighted by atomic mass is 32.2. The third-order valence-corrected chi connectivity index (χ3v) is 5.13. The van der Waals surface area contributed by atoms with Crippen molar-refractivity contribution in [1.29, 1.82) is 0 Å². The number of aliphatic hydroxyl groups excluding tert-OH is 1. The van der Waals surface area contributed by atoms with Crippen molar-refractivity contribution in [3.05, 3.63) is 24.3 Å². The lowest BCUT2D eigenvalue weighted by molar-refractivity contribution is 0.295. The fraction of sp³-hybridized carbons (Fsp3) is 0.400. The van der Waals surface area contributed by atoms with Gasteiger partial charge in [0.2, 0.25) is 0 Å².